The number of aliphatic hydroxyl groups is 1. The maximum atomic E-state index is 14.1. The highest BCUT2D eigenvalue weighted by atomic mass is 35.5. The molecule has 1 fully saturated rings. The number of aliphatic hydroxyl groups excluding tert-OH is 1. The molecule has 1 atom stereocenters. The van der Waals surface area contributed by atoms with Crippen molar-refractivity contribution in [3.05, 3.63) is 99.8 Å². The van der Waals surface area contributed by atoms with Gasteiger partial charge < -0.3 is 14.6 Å². The molecule has 1 unspecified atom stereocenters. The Bertz CT molecular complexity index is 1680. The normalized spacial score (nSPS) is 17.9. The van der Waals surface area contributed by atoms with E-state index in [0.29, 0.717) is 51.0 Å². The van der Waals surface area contributed by atoms with Crippen LogP contribution in [-0.2, 0) is 15.3 Å². The molecule has 3 aromatic carbocycles. The minimum Gasteiger partial charge on any atom is -0.507 e. The van der Waals surface area contributed by atoms with Gasteiger partial charge in [0.05, 0.1) is 11.6 Å². The molecule has 0 radical (unpaired) electrons. The van der Waals surface area contributed by atoms with Crippen LogP contribution >= 0.6 is 34.7 Å². The molecule has 12 heteroatoms. The Morgan fingerprint density at radius 3 is 2.65 bits per heavy atom. The summed E-state index contributed by atoms with van der Waals surface area (Å²) in [4.78, 5) is 28.1. The van der Waals surface area contributed by atoms with Crippen molar-refractivity contribution in [2.24, 2.45) is 0 Å². The number of halogens is 2. The van der Waals surface area contributed by atoms with Gasteiger partial charge in [-0.15, -0.1) is 10.2 Å². The molecule has 0 saturated carbocycles. The quantitative estimate of drug-likeness (QED) is 0.0949. The minimum absolute atomic E-state index is 0.125. The number of amides is 1. The first kappa shape index (κ1) is 26.3. The highest BCUT2D eigenvalue weighted by Gasteiger charge is 2.48. The molecule has 40 heavy (non-hydrogen) atoms. The molecule has 202 valence electrons. The summed E-state index contributed by atoms with van der Waals surface area (Å²) in [5.41, 5.74) is 1.16. The summed E-state index contributed by atoms with van der Waals surface area (Å²) in [6.45, 7) is 0.749. The van der Waals surface area contributed by atoms with Gasteiger partial charge in [0, 0.05) is 16.3 Å². The first-order chi connectivity index (χ1) is 19.4. The van der Waals surface area contributed by atoms with Crippen molar-refractivity contribution >= 4 is 57.3 Å². The van der Waals surface area contributed by atoms with Crippen LogP contribution in [0.4, 0.5) is 9.52 Å². The molecule has 0 aliphatic carbocycles. The van der Waals surface area contributed by atoms with Gasteiger partial charge in [0.15, 0.2) is 15.8 Å². The number of benzene rings is 3. The second kappa shape index (κ2) is 10.9. The molecule has 4 aromatic rings. The van der Waals surface area contributed by atoms with Gasteiger partial charge >= 0.3 is 5.91 Å². The molecule has 1 aromatic heterocycles. The second-order valence-corrected chi connectivity index (χ2v) is 11.4. The average Bonchev–Trinajstić information content (AvgIpc) is 3.54. The molecular formula is C28H19ClFN3O5S2. The summed E-state index contributed by atoms with van der Waals surface area (Å²) < 4.78 is 25.7. The molecule has 1 saturated heterocycles. The summed E-state index contributed by atoms with van der Waals surface area (Å²) in [6, 6.07) is 16.9. The second-order valence-electron chi connectivity index (χ2n) is 8.81. The van der Waals surface area contributed by atoms with Gasteiger partial charge in [0.2, 0.25) is 5.13 Å². The van der Waals surface area contributed by atoms with Gasteiger partial charge in [0.1, 0.15) is 24.8 Å². The zero-order valence-corrected chi connectivity index (χ0v) is 22.9. The van der Waals surface area contributed by atoms with Crippen molar-refractivity contribution in [2.75, 3.05) is 18.1 Å². The Balaban J connectivity index is 1.39. The molecule has 8 nitrogen and oxygen atoms in total. The fraction of sp³-hybridized carbons (Fsp3) is 0.143. The predicted molar refractivity (Wildman–Crippen MR) is 150 cm³/mol. The van der Waals surface area contributed by atoms with Crippen LogP contribution in [-0.4, -0.2) is 40.2 Å². The Morgan fingerprint density at radius 1 is 1.05 bits per heavy atom. The SMILES string of the molecule is O=C1C(=O)N(c2nnc(SCc3ccccc3F)s2)C(c2cccc(Cl)c2)/C1=C(/O)c1ccc2c(c1)OCCO2. The molecule has 3 heterocycles. The molecule has 6 rings (SSSR count). The number of carbonyl (C=O) groups is 2. The van der Waals surface area contributed by atoms with Crippen molar-refractivity contribution < 1.29 is 28.6 Å². The van der Waals surface area contributed by atoms with Gasteiger partial charge in [-0.3, -0.25) is 14.5 Å². The zero-order valence-electron chi connectivity index (χ0n) is 20.5. The van der Waals surface area contributed by atoms with Crippen LogP contribution in [0.25, 0.3) is 5.76 Å². The number of hydrogen-bond donors (Lipinski definition) is 1. The Kier molecular flexibility index (Phi) is 7.18. The number of fused-ring (bicyclic) bond motifs is 1. The van der Waals surface area contributed by atoms with E-state index in [2.05, 4.69) is 10.2 Å². The first-order valence-electron chi connectivity index (χ1n) is 12.1. The number of aromatic nitrogens is 2. The third kappa shape index (κ3) is 4.91. The van der Waals surface area contributed by atoms with Crippen molar-refractivity contribution in [3.8, 4) is 11.5 Å². The van der Waals surface area contributed by atoms with E-state index in [1.54, 1.807) is 60.7 Å². The van der Waals surface area contributed by atoms with E-state index < -0.39 is 17.7 Å². The third-order valence-corrected chi connectivity index (χ3v) is 8.68. The average molecular weight is 596 g/mol. The van der Waals surface area contributed by atoms with Crippen LogP contribution in [0.1, 0.15) is 22.7 Å². The number of nitrogens with zero attached hydrogens (tertiary/aromatic N) is 3. The number of ether oxygens (including phenoxy) is 2. The van der Waals surface area contributed by atoms with Crippen molar-refractivity contribution in [2.45, 2.75) is 16.1 Å². The van der Waals surface area contributed by atoms with E-state index in [-0.39, 0.29) is 27.8 Å². The van der Waals surface area contributed by atoms with Crippen LogP contribution in [0.3, 0.4) is 0 Å². The Morgan fingerprint density at radius 2 is 1.85 bits per heavy atom. The van der Waals surface area contributed by atoms with Crippen LogP contribution < -0.4 is 14.4 Å². The van der Waals surface area contributed by atoms with Crippen LogP contribution in [0.15, 0.2) is 76.6 Å². The lowest BCUT2D eigenvalue weighted by molar-refractivity contribution is -0.132. The molecule has 0 spiro atoms. The minimum atomic E-state index is -1.02. The molecule has 1 amide bonds. The summed E-state index contributed by atoms with van der Waals surface area (Å²) in [5.74, 6) is -1.21. The number of thioether (sulfide) groups is 1. The fourth-order valence-corrected chi connectivity index (χ4v) is 6.53. The zero-order chi connectivity index (χ0) is 27.8. The van der Waals surface area contributed by atoms with Crippen LogP contribution in [0, 0.1) is 5.82 Å². The standard InChI is InChI=1S/C28H19ClFN3O5S2/c29-18-6-3-5-15(12-18)23-22(24(34)16-8-9-20-21(13-16)38-11-10-37-20)25(35)26(36)33(23)27-31-32-28(40-27)39-14-17-4-1-2-7-19(17)30/h1-9,12-13,23,34H,10-11,14H2/b24-22-. The molecule has 2 aliphatic heterocycles. The highest BCUT2D eigenvalue weighted by Crippen LogP contribution is 2.45. The molecule has 0 bridgehead atoms. The number of hydrogen-bond acceptors (Lipinski definition) is 9. The largest absolute Gasteiger partial charge is 0.507 e. The topological polar surface area (TPSA) is 102 Å². The van der Waals surface area contributed by atoms with E-state index in [1.807, 2.05) is 0 Å². The predicted octanol–water partition coefficient (Wildman–Crippen LogP) is 6.02. The number of rotatable bonds is 6. The van der Waals surface area contributed by atoms with Crippen LogP contribution in [0.2, 0.25) is 5.02 Å². The molecule has 2 aliphatic rings. The Labute approximate surface area is 241 Å². The van der Waals surface area contributed by atoms with Gasteiger partial charge in [0.25, 0.3) is 5.78 Å². The maximum absolute atomic E-state index is 14.1. The summed E-state index contributed by atoms with van der Waals surface area (Å²) >= 11 is 8.62. The molecule has 1 N–H and O–H groups in total. The lowest BCUT2D eigenvalue weighted by Gasteiger charge is -2.23. The fourth-order valence-electron chi connectivity index (χ4n) is 4.48. The van der Waals surface area contributed by atoms with Gasteiger partial charge in [-0.2, -0.15) is 0 Å². The number of carbonyl (C=O) groups excluding carboxylic acids is 2. The lowest BCUT2D eigenvalue weighted by Crippen LogP contribution is -2.29. The smallest absolute Gasteiger partial charge is 0.301 e. The van der Waals surface area contributed by atoms with E-state index in [1.165, 1.54) is 22.7 Å². The first-order valence-corrected chi connectivity index (χ1v) is 14.2. The summed E-state index contributed by atoms with van der Waals surface area (Å²) in [7, 11) is 0. The monoisotopic (exact) mass is 595 g/mol. The highest BCUT2D eigenvalue weighted by molar-refractivity contribution is 8.00. The summed E-state index contributed by atoms with van der Waals surface area (Å²) in [5, 5.41) is 20.3. The van der Waals surface area contributed by atoms with Gasteiger partial charge in [-0.25, -0.2) is 4.39 Å². The van der Waals surface area contributed by atoms with E-state index in [4.69, 9.17) is 21.1 Å². The van der Waals surface area contributed by atoms with Gasteiger partial charge in [-0.1, -0.05) is 65.0 Å². The summed E-state index contributed by atoms with van der Waals surface area (Å²) in [6.07, 6.45) is 0. The van der Waals surface area contributed by atoms with Gasteiger partial charge in [-0.05, 0) is 47.5 Å². The maximum Gasteiger partial charge on any atom is 0.301 e. The van der Waals surface area contributed by atoms with Crippen molar-refractivity contribution in [3.63, 3.8) is 0 Å². The number of Topliss-reactive ketones (excluding diaryl/α,β-unsaturated/α-hetero) is 1. The van der Waals surface area contributed by atoms with Crippen LogP contribution in [0.5, 0.6) is 11.5 Å². The van der Waals surface area contributed by atoms with E-state index in [9.17, 15) is 19.1 Å². The Hall–Kier alpha value is -3.93. The van der Waals surface area contributed by atoms with Crippen molar-refractivity contribution in [1.82, 2.24) is 10.2 Å². The lowest BCUT2D eigenvalue weighted by atomic mass is 9.95. The number of ketones is 1. The molecular weight excluding hydrogens is 577 g/mol. The third-order valence-electron chi connectivity index (χ3n) is 6.34. The van der Waals surface area contributed by atoms with E-state index >= 15 is 0 Å². The van der Waals surface area contributed by atoms with Crippen molar-refractivity contribution in [1.29, 1.82) is 0 Å². The van der Waals surface area contributed by atoms with E-state index in [0.717, 1.165) is 11.3 Å². The number of anilines is 1.